The van der Waals surface area contributed by atoms with Crippen molar-refractivity contribution in [2.45, 2.75) is 32.6 Å². The molecular weight excluding hydrogens is 440 g/mol. The normalized spacial score (nSPS) is 11.7. The molecule has 1 aromatic heterocycles. The van der Waals surface area contributed by atoms with Crippen LogP contribution in [0.15, 0.2) is 58.5 Å². The highest BCUT2D eigenvalue weighted by Crippen LogP contribution is 2.18. The number of nitrogens with one attached hydrogen (secondary N) is 4. The Bertz CT molecular complexity index is 1190. The van der Waals surface area contributed by atoms with Gasteiger partial charge in [-0.15, -0.1) is 0 Å². The summed E-state index contributed by atoms with van der Waals surface area (Å²) in [6, 6.07) is 13.6. The van der Waals surface area contributed by atoms with Crippen LogP contribution in [-0.4, -0.2) is 42.2 Å². The van der Waals surface area contributed by atoms with Crippen LogP contribution >= 0.6 is 0 Å². The van der Waals surface area contributed by atoms with Crippen LogP contribution in [0.1, 0.15) is 31.9 Å². The van der Waals surface area contributed by atoms with Crippen molar-refractivity contribution >= 4 is 39.3 Å². The number of hydrazone groups is 1. The van der Waals surface area contributed by atoms with E-state index in [1.165, 1.54) is 0 Å². The number of aryl methyl sites for hydroxylation is 1. The van der Waals surface area contributed by atoms with Crippen LogP contribution in [0.25, 0.3) is 0 Å². The van der Waals surface area contributed by atoms with Crippen LogP contribution in [0.4, 0.5) is 23.5 Å². The Morgan fingerprint density at radius 1 is 0.848 bits per heavy atom. The average molecular weight is 469 g/mol. The number of hydrogen-bond donors (Lipinski definition) is 4. The molecule has 11 heteroatoms. The Hall–Kier alpha value is -3.73. The van der Waals surface area contributed by atoms with E-state index in [2.05, 4.69) is 40.8 Å². The summed E-state index contributed by atoms with van der Waals surface area (Å²) in [4.78, 5) is 13.1. The van der Waals surface area contributed by atoms with Gasteiger partial charge in [0, 0.05) is 18.8 Å². The Balaban J connectivity index is 1.71. The molecule has 0 bridgehead atoms. The lowest BCUT2D eigenvalue weighted by Crippen LogP contribution is -2.13. The molecule has 4 N–H and O–H groups in total. The molecule has 0 radical (unpaired) electrons. The summed E-state index contributed by atoms with van der Waals surface area (Å²) in [5.41, 5.74) is 5.80. The van der Waals surface area contributed by atoms with Gasteiger partial charge in [-0.3, -0.25) is 4.72 Å². The minimum absolute atomic E-state index is 0.213. The number of nitrogens with zero attached hydrogens (tertiary/aromatic N) is 4. The van der Waals surface area contributed by atoms with Crippen LogP contribution in [0.2, 0.25) is 0 Å². The minimum atomic E-state index is -3.65. The average Bonchev–Trinajstić information content (AvgIpc) is 2.78. The lowest BCUT2D eigenvalue weighted by atomic mass is 10.1. The van der Waals surface area contributed by atoms with E-state index in [9.17, 15) is 8.42 Å². The number of hydrogen-bond acceptors (Lipinski definition) is 9. The topological polar surface area (TPSA) is 133 Å². The molecule has 1 heterocycles. The van der Waals surface area contributed by atoms with Crippen LogP contribution < -0.4 is 20.8 Å². The molecule has 2 aromatic carbocycles. The van der Waals surface area contributed by atoms with Crippen LogP contribution in [-0.2, 0) is 10.0 Å². The summed E-state index contributed by atoms with van der Waals surface area (Å²) in [6.07, 6.45) is 0. The minimum Gasteiger partial charge on any atom is -0.354 e. The zero-order valence-corrected chi connectivity index (χ0v) is 19.9. The maximum Gasteiger partial charge on any atom is 0.261 e. The summed E-state index contributed by atoms with van der Waals surface area (Å²) in [5, 5.41) is 10.5. The first-order chi connectivity index (χ1) is 15.8. The maximum atomic E-state index is 12.6. The second-order valence-corrected chi connectivity index (χ2v) is 8.85. The summed E-state index contributed by atoms with van der Waals surface area (Å²) in [5.74, 6) is 1.20. The van der Waals surface area contributed by atoms with Crippen molar-refractivity contribution in [2.24, 2.45) is 5.10 Å². The molecule has 174 valence electrons. The van der Waals surface area contributed by atoms with E-state index in [1.54, 1.807) is 48.5 Å². The first-order valence-electron chi connectivity index (χ1n) is 10.5. The number of sulfonamides is 1. The van der Waals surface area contributed by atoms with Gasteiger partial charge in [0.1, 0.15) is 0 Å². The van der Waals surface area contributed by atoms with Crippen LogP contribution in [0.5, 0.6) is 0 Å². The van der Waals surface area contributed by atoms with Crippen molar-refractivity contribution in [1.82, 2.24) is 15.0 Å². The Morgan fingerprint density at radius 3 is 1.94 bits per heavy atom. The lowest BCUT2D eigenvalue weighted by Gasteiger charge is -2.10. The summed E-state index contributed by atoms with van der Waals surface area (Å²) in [6.45, 7) is 9.00. The molecule has 0 spiro atoms. The Kier molecular flexibility index (Phi) is 7.78. The molecule has 33 heavy (non-hydrogen) atoms. The first-order valence-corrected chi connectivity index (χ1v) is 12.0. The molecule has 0 unspecified atom stereocenters. The number of anilines is 4. The van der Waals surface area contributed by atoms with Gasteiger partial charge in [-0.2, -0.15) is 20.1 Å². The molecule has 3 rings (SSSR count). The molecule has 3 aromatic rings. The zero-order chi connectivity index (χ0) is 23.8. The second-order valence-electron chi connectivity index (χ2n) is 7.17. The highest BCUT2D eigenvalue weighted by atomic mass is 32.2. The van der Waals surface area contributed by atoms with Crippen LogP contribution in [0.3, 0.4) is 0 Å². The molecule has 0 aliphatic heterocycles. The highest BCUT2D eigenvalue weighted by Gasteiger charge is 2.14. The van der Waals surface area contributed by atoms with Gasteiger partial charge in [0.15, 0.2) is 0 Å². The molecule has 0 aliphatic rings. The second kappa shape index (κ2) is 10.7. The predicted octanol–water partition coefficient (Wildman–Crippen LogP) is 3.68. The van der Waals surface area contributed by atoms with Crippen LogP contribution in [0, 0.1) is 6.92 Å². The molecule has 0 atom stereocenters. The van der Waals surface area contributed by atoms with Crippen molar-refractivity contribution in [3.05, 3.63) is 59.7 Å². The third-order valence-corrected chi connectivity index (χ3v) is 5.91. The zero-order valence-electron chi connectivity index (χ0n) is 19.0. The van der Waals surface area contributed by atoms with Crippen molar-refractivity contribution < 1.29 is 8.42 Å². The van der Waals surface area contributed by atoms with Gasteiger partial charge in [0.2, 0.25) is 17.8 Å². The van der Waals surface area contributed by atoms with Gasteiger partial charge in [-0.1, -0.05) is 29.8 Å². The Morgan fingerprint density at radius 2 is 1.39 bits per heavy atom. The summed E-state index contributed by atoms with van der Waals surface area (Å²) in [7, 11) is -3.65. The van der Waals surface area contributed by atoms with E-state index in [0.717, 1.165) is 11.1 Å². The van der Waals surface area contributed by atoms with Crippen molar-refractivity contribution in [2.75, 3.05) is 33.9 Å². The fourth-order valence-corrected chi connectivity index (χ4v) is 3.87. The van der Waals surface area contributed by atoms with Gasteiger partial charge in [0.05, 0.1) is 10.6 Å². The molecule has 0 saturated carbocycles. The van der Waals surface area contributed by atoms with Gasteiger partial charge in [-0.25, -0.2) is 13.8 Å². The summed E-state index contributed by atoms with van der Waals surface area (Å²) >= 11 is 0. The lowest BCUT2D eigenvalue weighted by molar-refractivity contribution is 0.601. The van der Waals surface area contributed by atoms with E-state index in [0.29, 0.717) is 42.3 Å². The number of benzene rings is 2. The molecule has 0 fully saturated rings. The third-order valence-electron chi connectivity index (χ3n) is 4.51. The van der Waals surface area contributed by atoms with Gasteiger partial charge in [0.25, 0.3) is 10.0 Å². The molecule has 0 saturated heterocycles. The smallest absolute Gasteiger partial charge is 0.261 e. The van der Waals surface area contributed by atoms with E-state index < -0.39 is 10.0 Å². The SMILES string of the molecule is CCNc1nc(NCC)nc(NN=C(C)c2ccc(NS(=O)(=O)c3ccc(C)cc3)cc2)n1. The predicted molar refractivity (Wildman–Crippen MR) is 132 cm³/mol. The van der Waals surface area contributed by atoms with Crippen molar-refractivity contribution in [3.63, 3.8) is 0 Å². The van der Waals surface area contributed by atoms with Gasteiger partial charge < -0.3 is 10.6 Å². The summed E-state index contributed by atoms with van der Waals surface area (Å²) < 4.78 is 27.7. The quantitative estimate of drug-likeness (QED) is 0.262. The van der Waals surface area contributed by atoms with E-state index in [1.807, 2.05) is 27.7 Å². The van der Waals surface area contributed by atoms with E-state index in [4.69, 9.17) is 0 Å². The number of rotatable bonds is 10. The monoisotopic (exact) mass is 468 g/mol. The standard InChI is InChI=1S/C22H28N8O2S/c1-5-23-20-25-21(24-6-2)27-22(26-20)29-28-16(4)17-9-11-18(12-10-17)30-33(31,32)19-13-7-15(3)8-14-19/h7-14,30H,5-6H2,1-4H3,(H3,23,24,25,26,27,29). The van der Waals surface area contributed by atoms with Gasteiger partial charge in [-0.05, 0) is 57.5 Å². The van der Waals surface area contributed by atoms with E-state index >= 15 is 0 Å². The molecule has 0 aliphatic carbocycles. The Labute approximate surface area is 194 Å². The fraction of sp³-hybridized carbons (Fsp3) is 0.273. The maximum absolute atomic E-state index is 12.6. The largest absolute Gasteiger partial charge is 0.354 e. The molecule has 10 nitrogen and oxygen atoms in total. The number of aromatic nitrogens is 3. The van der Waals surface area contributed by atoms with Gasteiger partial charge >= 0.3 is 0 Å². The van der Waals surface area contributed by atoms with Crippen molar-refractivity contribution in [3.8, 4) is 0 Å². The van der Waals surface area contributed by atoms with Crippen molar-refractivity contribution in [1.29, 1.82) is 0 Å². The van der Waals surface area contributed by atoms with E-state index in [-0.39, 0.29) is 4.90 Å². The molecule has 0 amide bonds. The first kappa shape index (κ1) is 23.9. The highest BCUT2D eigenvalue weighted by molar-refractivity contribution is 7.92. The molecular formula is C22H28N8O2S. The fourth-order valence-electron chi connectivity index (χ4n) is 2.81. The third kappa shape index (κ3) is 6.62.